The Morgan fingerprint density at radius 3 is 2.64 bits per heavy atom. The summed E-state index contributed by atoms with van der Waals surface area (Å²) in [6.07, 6.45) is 3.58. The van der Waals surface area contributed by atoms with Crippen LogP contribution in [0.2, 0.25) is 0 Å². The molecular weight excluding hydrogens is 270 g/mol. The van der Waals surface area contributed by atoms with E-state index in [9.17, 15) is 4.79 Å². The van der Waals surface area contributed by atoms with Crippen LogP contribution in [0.3, 0.4) is 0 Å². The highest BCUT2D eigenvalue weighted by Gasteiger charge is 2.18. The van der Waals surface area contributed by atoms with Crippen molar-refractivity contribution in [1.82, 2.24) is 4.98 Å². The third-order valence-electron chi connectivity index (χ3n) is 4.33. The average molecular weight is 291 g/mol. The summed E-state index contributed by atoms with van der Waals surface area (Å²) in [6.45, 7) is 4.25. The summed E-state index contributed by atoms with van der Waals surface area (Å²) in [5.74, 6) is 0.470. The standard InChI is InChI=1S/C20H21NO/c1-3-15(12-20(22)16-7-5-4-6-8-16)18-13-21-19-10-9-14(2)11-17(18)19/h4-11,13,15,21H,3,12H2,1-2H3/t15-/m1/s1. The number of hydrogen-bond acceptors (Lipinski definition) is 1. The normalized spacial score (nSPS) is 12.5. The molecule has 0 radical (unpaired) electrons. The molecule has 1 N–H and O–H groups in total. The first kappa shape index (κ1) is 14.6. The summed E-state index contributed by atoms with van der Waals surface area (Å²) >= 11 is 0. The molecule has 0 saturated heterocycles. The number of aryl methyl sites for hydroxylation is 1. The number of fused-ring (bicyclic) bond motifs is 1. The van der Waals surface area contributed by atoms with Crippen molar-refractivity contribution in [2.45, 2.75) is 32.6 Å². The number of H-pyrrole nitrogens is 1. The molecule has 2 nitrogen and oxygen atoms in total. The van der Waals surface area contributed by atoms with Gasteiger partial charge < -0.3 is 4.98 Å². The lowest BCUT2D eigenvalue weighted by Gasteiger charge is -2.14. The SMILES string of the molecule is CC[C@H](CC(=O)c1ccccc1)c1c[nH]c2ccc(C)cc12. The van der Waals surface area contributed by atoms with Crippen molar-refractivity contribution in [1.29, 1.82) is 0 Å². The van der Waals surface area contributed by atoms with Gasteiger partial charge in [-0.3, -0.25) is 4.79 Å². The second-order valence-corrected chi connectivity index (χ2v) is 5.89. The summed E-state index contributed by atoms with van der Waals surface area (Å²) in [7, 11) is 0. The molecule has 0 aliphatic heterocycles. The van der Waals surface area contributed by atoms with Crippen LogP contribution < -0.4 is 0 Å². The highest BCUT2D eigenvalue weighted by molar-refractivity contribution is 5.97. The van der Waals surface area contributed by atoms with Crippen LogP contribution in [0.5, 0.6) is 0 Å². The van der Waals surface area contributed by atoms with Crippen molar-refractivity contribution in [2.24, 2.45) is 0 Å². The van der Waals surface area contributed by atoms with Crippen molar-refractivity contribution in [3.05, 3.63) is 71.4 Å². The lowest BCUT2D eigenvalue weighted by molar-refractivity contribution is 0.0973. The van der Waals surface area contributed by atoms with Crippen LogP contribution in [-0.2, 0) is 0 Å². The number of carbonyl (C=O) groups excluding carboxylic acids is 1. The molecule has 0 amide bonds. The maximum Gasteiger partial charge on any atom is 0.163 e. The molecule has 22 heavy (non-hydrogen) atoms. The summed E-state index contributed by atoms with van der Waals surface area (Å²) in [4.78, 5) is 15.8. The van der Waals surface area contributed by atoms with Gasteiger partial charge in [0.2, 0.25) is 0 Å². The second-order valence-electron chi connectivity index (χ2n) is 5.89. The molecule has 2 heteroatoms. The van der Waals surface area contributed by atoms with Crippen LogP contribution in [0.1, 0.15) is 47.2 Å². The van der Waals surface area contributed by atoms with Crippen molar-refractivity contribution in [3.8, 4) is 0 Å². The Bertz CT molecular complexity index is 786. The Morgan fingerprint density at radius 2 is 1.91 bits per heavy atom. The number of hydrogen-bond donors (Lipinski definition) is 1. The van der Waals surface area contributed by atoms with E-state index in [1.54, 1.807) is 0 Å². The third kappa shape index (κ3) is 2.82. The van der Waals surface area contributed by atoms with Crippen LogP contribution >= 0.6 is 0 Å². The van der Waals surface area contributed by atoms with Gasteiger partial charge in [-0.05, 0) is 37.0 Å². The van der Waals surface area contributed by atoms with Gasteiger partial charge in [0, 0.05) is 29.1 Å². The van der Waals surface area contributed by atoms with Gasteiger partial charge in [0.1, 0.15) is 0 Å². The van der Waals surface area contributed by atoms with E-state index in [4.69, 9.17) is 0 Å². The number of ketones is 1. The van der Waals surface area contributed by atoms with Gasteiger partial charge in [0.25, 0.3) is 0 Å². The average Bonchev–Trinajstić information content (AvgIpc) is 2.96. The van der Waals surface area contributed by atoms with Gasteiger partial charge in [-0.15, -0.1) is 0 Å². The number of Topliss-reactive ketones (excluding diaryl/α,β-unsaturated/α-hetero) is 1. The van der Waals surface area contributed by atoms with Crippen molar-refractivity contribution < 1.29 is 4.79 Å². The van der Waals surface area contributed by atoms with Gasteiger partial charge in [0.05, 0.1) is 0 Å². The fourth-order valence-electron chi connectivity index (χ4n) is 3.03. The molecule has 0 unspecified atom stereocenters. The third-order valence-corrected chi connectivity index (χ3v) is 4.33. The lowest BCUT2D eigenvalue weighted by Crippen LogP contribution is -2.06. The van der Waals surface area contributed by atoms with Gasteiger partial charge >= 0.3 is 0 Å². The Balaban J connectivity index is 1.90. The molecule has 112 valence electrons. The van der Waals surface area contributed by atoms with E-state index in [0.29, 0.717) is 6.42 Å². The predicted molar refractivity (Wildman–Crippen MR) is 91.5 cm³/mol. The fraction of sp³-hybridized carbons (Fsp3) is 0.250. The van der Waals surface area contributed by atoms with Crippen LogP contribution in [-0.4, -0.2) is 10.8 Å². The molecule has 1 atom stereocenters. The molecule has 3 rings (SSSR count). The maximum absolute atomic E-state index is 12.5. The molecule has 0 spiro atoms. The zero-order valence-electron chi connectivity index (χ0n) is 13.1. The van der Waals surface area contributed by atoms with Crippen molar-refractivity contribution >= 4 is 16.7 Å². The van der Waals surface area contributed by atoms with Gasteiger partial charge in [-0.25, -0.2) is 0 Å². The zero-order valence-corrected chi connectivity index (χ0v) is 13.1. The predicted octanol–water partition coefficient (Wildman–Crippen LogP) is 5.24. The second kappa shape index (κ2) is 6.18. The number of nitrogens with one attached hydrogen (secondary N) is 1. The van der Waals surface area contributed by atoms with Crippen LogP contribution in [0, 0.1) is 6.92 Å². The molecular formula is C20H21NO. The topological polar surface area (TPSA) is 32.9 Å². The van der Waals surface area contributed by atoms with E-state index in [-0.39, 0.29) is 11.7 Å². The van der Waals surface area contributed by atoms with Crippen molar-refractivity contribution in [3.63, 3.8) is 0 Å². The Labute approximate surface area is 131 Å². The Morgan fingerprint density at radius 1 is 1.14 bits per heavy atom. The number of rotatable bonds is 5. The van der Waals surface area contributed by atoms with Gasteiger partial charge in [0.15, 0.2) is 5.78 Å². The highest BCUT2D eigenvalue weighted by Crippen LogP contribution is 2.31. The minimum Gasteiger partial charge on any atom is -0.361 e. The van der Waals surface area contributed by atoms with Crippen LogP contribution in [0.15, 0.2) is 54.7 Å². The molecule has 3 aromatic rings. The van der Waals surface area contributed by atoms with E-state index in [2.05, 4.69) is 43.2 Å². The van der Waals surface area contributed by atoms with E-state index in [1.807, 2.05) is 30.3 Å². The monoisotopic (exact) mass is 291 g/mol. The number of aromatic nitrogens is 1. The van der Waals surface area contributed by atoms with E-state index >= 15 is 0 Å². The quantitative estimate of drug-likeness (QED) is 0.640. The minimum absolute atomic E-state index is 0.217. The molecule has 0 aliphatic carbocycles. The van der Waals surface area contributed by atoms with Gasteiger partial charge in [-0.1, -0.05) is 48.9 Å². The summed E-state index contributed by atoms with van der Waals surface area (Å²) in [5, 5.41) is 1.24. The fourth-order valence-corrected chi connectivity index (χ4v) is 3.03. The number of benzene rings is 2. The van der Waals surface area contributed by atoms with Crippen LogP contribution in [0.4, 0.5) is 0 Å². The van der Waals surface area contributed by atoms with E-state index in [1.165, 1.54) is 16.5 Å². The van der Waals surface area contributed by atoms with Crippen molar-refractivity contribution in [2.75, 3.05) is 0 Å². The first-order valence-corrected chi connectivity index (χ1v) is 7.85. The first-order valence-electron chi connectivity index (χ1n) is 7.85. The Hall–Kier alpha value is -2.35. The largest absolute Gasteiger partial charge is 0.361 e. The highest BCUT2D eigenvalue weighted by atomic mass is 16.1. The summed E-state index contributed by atoms with van der Waals surface area (Å²) in [6, 6.07) is 16.0. The molecule has 0 aliphatic rings. The Kier molecular flexibility index (Phi) is 4.10. The van der Waals surface area contributed by atoms with Crippen LogP contribution in [0.25, 0.3) is 10.9 Å². The molecule has 0 fully saturated rings. The van der Waals surface area contributed by atoms with E-state index in [0.717, 1.165) is 17.5 Å². The smallest absolute Gasteiger partial charge is 0.163 e. The summed E-state index contributed by atoms with van der Waals surface area (Å²) in [5.41, 5.74) is 4.45. The first-order chi connectivity index (χ1) is 10.7. The molecule has 0 saturated carbocycles. The molecule has 1 aromatic heterocycles. The molecule has 1 heterocycles. The van der Waals surface area contributed by atoms with Gasteiger partial charge in [-0.2, -0.15) is 0 Å². The maximum atomic E-state index is 12.5. The number of aromatic amines is 1. The summed E-state index contributed by atoms with van der Waals surface area (Å²) < 4.78 is 0. The zero-order chi connectivity index (χ0) is 15.5. The minimum atomic E-state index is 0.217. The van der Waals surface area contributed by atoms with E-state index < -0.39 is 0 Å². The lowest BCUT2D eigenvalue weighted by atomic mass is 9.89. The number of carbonyl (C=O) groups is 1. The molecule has 2 aromatic carbocycles. The molecule has 0 bridgehead atoms.